The zero-order chi connectivity index (χ0) is 21.2. The van der Waals surface area contributed by atoms with Crippen molar-refractivity contribution in [2.45, 2.75) is 57.3 Å². The lowest BCUT2D eigenvalue weighted by atomic mass is 9.97. The van der Waals surface area contributed by atoms with Gasteiger partial charge in [-0.25, -0.2) is 4.74 Å². The van der Waals surface area contributed by atoms with Gasteiger partial charge in [-0.2, -0.15) is 0 Å². The maximum Gasteiger partial charge on any atom is 0.217 e. The number of aliphatic hydroxyl groups is 1. The van der Waals surface area contributed by atoms with Gasteiger partial charge in [-0.15, -0.1) is 0 Å². The third-order valence-corrected chi connectivity index (χ3v) is 5.01. The zero-order valence-corrected chi connectivity index (χ0v) is 17.7. The van der Waals surface area contributed by atoms with E-state index in [1.807, 2.05) is 0 Å². The van der Waals surface area contributed by atoms with Crippen LogP contribution in [-0.2, 0) is 14.2 Å². The van der Waals surface area contributed by atoms with Crippen LogP contribution in [0.4, 0.5) is 0 Å². The standard InChI is InChI=1S/C21H34N2O6/c1-5-22-12-6-7-13-28-20-19(24)18(15(2)29-21(20)27-4)23(25)14-16-8-10-17(26-3)11-9-16/h8-11,14-15,18-22,24H,5-7,12-13H2,1-4H3/b23-14-/t15-,18-,19+,20-,21+/m1/s1. The molecule has 0 aliphatic carbocycles. The highest BCUT2D eigenvalue weighted by atomic mass is 16.7. The number of rotatable bonds is 11. The van der Waals surface area contributed by atoms with E-state index in [-0.39, 0.29) is 0 Å². The molecule has 0 bridgehead atoms. The van der Waals surface area contributed by atoms with E-state index in [9.17, 15) is 10.3 Å². The normalized spacial score (nSPS) is 27.8. The molecular formula is C21H34N2O6. The summed E-state index contributed by atoms with van der Waals surface area (Å²) in [7, 11) is 3.09. The van der Waals surface area contributed by atoms with Crippen LogP contribution in [-0.4, -0.2) is 80.6 Å². The summed E-state index contributed by atoms with van der Waals surface area (Å²) in [4.78, 5) is 0. The Morgan fingerprint density at radius 2 is 1.97 bits per heavy atom. The Balaban J connectivity index is 2.04. The molecule has 0 spiro atoms. The van der Waals surface area contributed by atoms with Crippen LogP contribution in [0.1, 0.15) is 32.3 Å². The van der Waals surface area contributed by atoms with Crippen LogP contribution in [0.25, 0.3) is 0 Å². The number of benzene rings is 1. The van der Waals surface area contributed by atoms with Crippen LogP contribution in [0, 0.1) is 5.21 Å². The third-order valence-electron chi connectivity index (χ3n) is 5.01. The molecule has 8 nitrogen and oxygen atoms in total. The van der Waals surface area contributed by atoms with Gasteiger partial charge in [-0.1, -0.05) is 6.92 Å². The Hall–Kier alpha value is -1.71. The summed E-state index contributed by atoms with van der Waals surface area (Å²) in [5.41, 5.74) is 0.704. The Morgan fingerprint density at radius 3 is 2.59 bits per heavy atom. The molecule has 2 N–H and O–H groups in total. The minimum atomic E-state index is -1.05. The highest BCUT2D eigenvalue weighted by molar-refractivity contribution is 5.75. The first-order valence-electron chi connectivity index (χ1n) is 10.1. The molecule has 1 heterocycles. The van der Waals surface area contributed by atoms with Gasteiger partial charge in [0.2, 0.25) is 6.04 Å². The number of unbranched alkanes of at least 4 members (excludes halogenated alkanes) is 1. The molecule has 1 aliphatic heterocycles. The monoisotopic (exact) mass is 410 g/mol. The van der Waals surface area contributed by atoms with Gasteiger partial charge in [-0.3, -0.25) is 0 Å². The molecule has 1 aromatic carbocycles. The summed E-state index contributed by atoms with van der Waals surface area (Å²) in [6.45, 7) is 6.12. The summed E-state index contributed by atoms with van der Waals surface area (Å²) in [6, 6.07) is 6.30. The van der Waals surface area contributed by atoms with E-state index in [0.717, 1.165) is 30.7 Å². The highest BCUT2D eigenvalue weighted by Crippen LogP contribution is 2.26. The van der Waals surface area contributed by atoms with E-state index in [1.54, 1.807) is 38.3 Å². The number of nitrogens with one attached hydrogen (secondary N) is 1. The predicted octanol–water partition coefficient (Wildman–Crippen LogP) is 1.52. The fourth-order valence-corrected chi connectivity index (χ4v) is 3.40. The van der Waals surface area contributed by atoms with Crippen molar-refractivity contribution in [2.24, 2.45) is 0 Å². The number of aliphatic hydroxyl groups excluding tert-OH is 1. The molecule has 1 aliphatic rings. The predicted molar refractivity (Wildman–Crippen MR) is 110 cm³/mol. The summed E-state index contributed by atoms with van der Waals surface area (Å²) < 4.78 is 22.9. The number of hydroxylamine groups is 1. The van der Waals surface area contributed by atoms with Gasteiger partial charge in [-0.05, 0) is 57.1 Å². The molecule has 1 fully saturated rings. The number of nitrogens with zero attached hydrogens (tertiary/aromatic N) is 1. The number of methoxy groups -OCH3 is 2. The molecule has 8 heteroatoms. The molecule has 1 saturated heterocycles. The van der Waals surface area contributed by atoms with Gasteiger partial charge in [0, 0.05) is 19.3 Å². The summed E-state index contributed by atoms with van der Waals surface area (Å²) in [5.74, 6) is 0.708. The molecule has 5 atom stereocenters. The van der Waals surface area contributed by atoms with Crippen LogP contribution >= 0.6 is 0 Å². The van der Waals surface area contributed by atoms with Crippen LogP contribution in [0.5, 0.6) is 5.75 Å². The fraction of sp³-hybridized carbons (Fsp3) is 0.667. The molecule has 0 aromatic heterocycles. The Bertz CT molecular complexity index is 624. The first-order chi connectivity index (χ1) is 14.0. The van der Waals surface area contributed by atoms with Gasteiger partial charge in [0.05, 0.1) is 7.11 Å². The van der Waals surface area contributed by atoms with Crippen molar-refractivity contribution in [2.75, 3.05) is 33.9 Å². The molecule has 2 rings (SSSR count). The van der Waals surface area contributed by atoms with Crippen molar-refractivity contribution >= 4 is 6.21 Å². The van der Waals surface area contributed by atoms with E-state index in [0.29, 0.717) is 17.9 Å². The molecule has 0 unspecified atom stereocenters. The van der Waals surface area contributed by atoms with E-state index < -0.39 is 30.6 Å². The molecule has 0 amide bonds. The third kappa shape index (κ3) is 6.65. The van der Waals surface area contributed by atoms with E-state index in [1.165, 1.54) is 13.3 Å². The molecule has 1 aromatic rings. The Kier molecular flexibility index (Phi) is 9.83. The molecule has 164 valence electrons. The first kappa shape index (κ1) is 23.6. The maximum absolute atomic E-state index is 12.8. The summed E-state index contributed by atoms with van der Waals surface area (Å²) in [5, 5.41) is 27.0. The van der Waals surface area contributed by atoms with Crippen LogP contribution < -0.4 is 10.1 Å². The van der Waals surface area contributed by atoms with Gasteiger partial charge < -0.3 is 34.6 Å². The number of hydrogen-bond donors (Lipinski definition) is 2. The topological polar surface area (TPSA) is 95.2 Å². The fourth-order valence-electron chi connectivity index (χ4n) is 3.40. The van der Waals surface area contributed by atoms with Gasteiger partial charge in [0.1, 0.15) is 18.0 Å². The quantitative estimate of drug-likeness (QED) is 0.188. The van der Waals surface area contributed by atoms with E-state index in [4.69, 9.17) is 18.9 Å². The maximum atomic E-state index is 12.8. The SMILES string of the molecule is CCNCCCCO[C@H]1[C@@H](OC)O[C@H](C)[C@@H](/[N+]([O-])=C/c2ccc(OC)cc2)[C@@H]1O. The second kappa shape index (κ2) is 12.1. The number of ether oxygens (including phenoxy) is 4. The van der Waals surface area contributed by atoms with E-state index >= 15 is 0 Å². The average Bonchev–Trinajstić information content (AvgIpc) is 2.72. The Morgan fingerprint density at radius 1 is 1.24 bits per heavy atom. The highest BCUT2D eigenvalue weighted by Gasteiger charge is 2.49. The minimum Gasteiger partial charge on any atom is -0.623 e. The first-order valence-corrected chi connectivity index (χ1v) is 10.1. The van der Waals surface area contributed by atoms with E-state index in [2.05, 4.69) is 12.2 Å². The Labute approximate surface area is 173 Å². The molecule has 29 heavy (non-hydrogen) atoms. The van der Waals surface area contributed by atoms with Gasteiger partial charge in [0.15, 0.2) is 18.6 Å². The van der Waals surface area contributed by atoms with Crippen LogP contribution in [0.2, 0.25) is 0 Å². The second-order valence-electron chi connectivity index (χ2n) is 7.08. The van der Waals surface area contributed by atoms with Gasteiger partial charge in [0.25, 0.3) is 0 Å². The van der Waals surface area contributed by atoms with Crippen molar-refractivity contribution in [3.8, 4) is 5.75 Å². The largest absolute Gasteiger partial charge is 0.623 e. The van der Waals surface area contributed by atoms with Gasteiger partial charge >= 0.3 is 0 Å². The summed E-state index contributed by atoms with van der Waals surface area (Å²) in [6.07, 6.45) is 0.202. The molecule has 0 saturated carbocycles. The zero-order valence-electron chi connectivity index (χ0n) is 17.7. The van der Waals surface area contributed by atoms with Crippen molar-refractivity contribution in [3.63, 3.8) is 0 Å². The molecular weight excluding hydrogens is 376 g/mol. The number of hydrogen-bond acceptors (Lipinski definition) is 7. The van der Waals surface area contributed by atoms with Crippen LogP contribution in [0.3, 0.4) is 0 Å². The lowest BCUT2D eigenvalue weighted by molar-refractivity contribution is -0.541. The van der Waals surface area contributed by atoms with Crippen molar-refractivity contribution in [1.29, 1.82) is 0 Å². The van der Waals surface area contributed by atoms with Crippen LogP contribution in [0.15, 0.2) is 24.3 Å². The summed E-state index contributed by atoms with van der Waals surface area (Å²) >= 11 is 0. The van der Waals surface area contributed by atoms with Crippen molar-refractivity contribution < 1.29 is 28.8 Å². The average molecular weight is 411 g/mol. The van der Waals surface area contributed by atoms with Crippen molar-refractivity contribution in [1.82, 2.24) is 5.32 Å². The lowest BCUT2D eigenvalue weighted by Gasteiger charge is -2.41. The lowest BCUT2D eigenvalue weighted by Crippen LogP contribution is -2.61. The molecule has 0 radical (unpaired) electrons. The smallest absolute Gasteiger partial charge is 0.217 e. The second-order valence-corrected chi connectivity index (χ2v) is 7.08. The minimum absolute atomic E-state index is 0.457. The van der Waals surface area contributed by atoms with Crippen molar-refractivity contribution in [3.05, 3.63) is 35.0 Å².